The van der Waals surface area contributed by atoms with Gasteiger partial charge in [-0.15, -0.1) is 0 Å². The highest BCUT2D eigenvalue weighted by Gasteiger charge is 2.21. The van der Waals surface area contributed by atoms with Crippen molar-refractivity contribution in [2.24, 2.45) is 0 Å². The number of hydrogen-bond acceptors (Lipinski definition) is 3. The molecule has 126 valence electrons. The molecular formula is C20H25N3O. The summed E-state index contributed by atoms with van der Waals surface area (Å²) in [4.78, 5) is 18.5. The van der Waals surface area contributed by atoms with Gasteiger partial charge >= 0.3 is 0 Å². The average Bonchev–Trinajstić information content (AvgIpc) is 3.00. The zero-order valence-corrected chi connectivity index (χ0v) is 14.6. The quantitative estimate of drug-likeness (QED) is 0.923. The van der Waals surface area contributed by atoms with Gasteiger partial charge in [-0.05, 0) is 73.9 Å². The highest BCUT2D eigenvalue weighted by atomic mass is 16.1. The number of nitrogens with one attached hydrogen (secondary N) is 1. The van der Waals surface area contributed by atoms with Gasteiger partial charge in [0.15, 0.2) is 0 Å². The first-order chi connectivity index (χ1) is 11.6. The van der Waals surface area contributed by atoms with Crippen molar-refractivity contribution in [3.05, 3.63) is 34.9 Å². The fourth-order valence-corrected chi connectivity index (χ4v) is 4.15. The van der Waals surface area contributed by atoms with Crippen LogP contribution in [-0.4, -0.2) is 30.0 Å². The number of pyridine rings is 1. The maximum absolute atomic E-state index is 11.2. The smallest absolute Gasteiger partial charge is 0.217 e. The highest BCUT2D eigenvalue weighted by Crippen LogP contribution is 2.30. The van der Waals surface area contributed by atoms with Crippen LogP contribution in [0.1, 0.15) is 42.9 Å². The van der Waals surface area contributed by atoms with Crippen LogP contribution in [0.3, 0.4) is 0 Å². The van der Waals surface area contributed by atoms with E-state index in [1.54, 1.807) is 6.92 Å². The zero-order chi connectivity index (χ0) is 16.7. The second-order valence-corrected chi connectivity index (χ2v) is 7.25. The van der Waals surface area contributed by atoms with Gasteiger partial charge in [0.2, 0.25) is 5.91 Å². The van der Waals surface area contributed by atoms with Crippen molar-refractivity contribution in [1.82, 2.24) is 10.3 Å². The van der Waals surface area contributed by atoms with Gasteiger partial charge in [-0.1, -0.05) is 0 Å². The first-order valence-corrected chi connectivity index (χ1v) is 9.05. The summed E-state index contributed by atoms with van der Waals surface area (Å²) in [5, 5.41) is 4.34. The molecule has 1 aromatic heterocycles. The van der Waals surface area contributed by atoms with E-state index in [1.165, 1.54) is 41.3 Å². The molecule has 0 radical (unpaired) electrons. The van der Waals surface area contributed by atoms with Crippen LogP contribution in [0.25, 0.3) is 10.9 Å². The molecule has 2 aliphatic rings. The number of carbonyl (C=O) groups is 1. The Kier molecular flexibility index (Phi) is 3.91. The van der Waals surface area contributed by atoms with Gasteiger partial charge in [-0.3, -0.25) is 4.79 Å². The molecule has 0 bridgehead atoms. The Morgan fingerprint density at radius 2 is 1.88 bits per heavy atom. The number of aryl methyl sites for hydroxylation is 3. The molecule has 1 fully saturated rings. The third kappa shape index (κ3) is 2.85. The van der Waals surface area contributed by atoms with E-state index in [0.29, 0.717) is 6.04 Å². The van der Waals surface area contributed by atoms with Crippen LogP contribution in [0.4, 0.5) is 5.82 Å². The van der Waals surface area contributed by atoms with Crippen molar-refractivity contribution in [3.8, 4) is 0 Å². The van der Waals surface area contributed by atoms with Gasteiger partial charge in [0, 0.05) is 31.4 Å². The third-order valence-electron chi connectivity index (χ3n) is 5.44. The molecule has 0 atom stereocenters. The Bertz CT molecular complexity index is 791. The Morgan fingerprint density at radius 3 is 2.58 bits per heavy atom. The molecule has 0 unspecified atom stereocenters. The summed E-state index contributed by atoms with van der Waals surface area (Å²) in [7, 11) is 0. The van der Waals surface area contributed by atoms with Crippen LogP contribution >= 0.6 is 0 Å². The minimum Gasteiger partial charge on any atom is -0.356 e. The molecule has 2 heterocycles. The van der Waals surface area contributed by atoms with Crippen molar-refractivity contribution in [1.29, 1.82) is 0 Å². The number of carbonyl (C=O) groups excluding carboxylic acids is 1. The van der Waals surface area contributed by atoms with Gasteiger partial charge in [0.05, 0.1) is 5.52 Å². The van der Waals surface area contributed by atoms with Crippen LogP contribution < -0.4 is 10.2 Å². The second kappa shape index (κ2) is 6.08. The molecular weight excluding hydrogens is 298 g/mol. The summed E-state index contributed by atoms with van der Waals surface area (Å²) in [6, 6.07) is 7.19. The Hall–Kier alpha value is -2.10. The highest BCUT2D eigenvalue weighted by molar-refractivity contribution is 5.85. The maximum atomic E-state index is 11.2. The summed E-state index contributed by atoms with van der Waals surface area (Å²) < 4.78 is 0. The summed E-state index contributed by atoms with van der Waals surface area (Å²) in [6.07, 6.45) is 5.65. The minimum atomic E-state index is 0.0713. The topological polar surface area (TPSA) is 45.2 Å². The van der Waals surface area contributed by atoms with Gasteiger partial charge < -0.3 is 10.2 Å². The summed E-state index contributed by atoms with van der Waals surface area (Å²) in [5.41, 5.74) is 5.44. The molecule has 4 heteroatoms. The van der Waals surface area contributed by atoms with Gasteiger partial charge in [-0.2, -0.15) is 0 Å². The van der Waals surface area contributed by atoms with Crippen molar-refractivity contribution >= 4 is 22.6 Å². The molecule has 0 spiro atoms. The lowest BCUT2D eigenvalue weighted by molar-refractivity contribution is -0.119. The van der Waals surface area contributed by atoms with Crippen molar-refractivity contribution in [3.63, 3.8) is 0 Å². The molecule has 2 aromatic rings. The van der Waals surface area contributed by atoms with Crippen LogP contribution in [-0.2, 0) is 17.6 Å². The third-order valence-corrected chi connectivity index (χ3v) is 5.44. The molecule has 1 amide bonds. The number of nitrogens with zero attached hydrogens (tertiary/aromatic N) is 2. The van der Waals surface area contributed by atoms with E-state index in [-0.39, 0.29) is 5.91 Å². The Balaban J connectivity index is 1.59. The zero-order valence-electron chi connectivity index (χ0n) is 14.6. The largest absolute Gasteiger partial charge is 0.356 e. The molecule has 1 aliphatic carbocycles. The fraction of sp³-hybridized carbons (Fsp3) is 0.500. The van der Waals surface area contributed by atoms with Crippen molar-refractivity contribution in [2.45, 2.75) is 52.0 Å². The number of amides is 1. The Morgan fingerprint density at radius 1 is 1.17 bits per heavy atom. The molecule has 4 nitrogen and oxygen atoms in total. The van der Waals surface area contributed by atoms with Gasteiger partial charge in [0.25, 0.3) is 0 Å². The van der Waals surface area contributed by atoms with Crippen molar-refractivity contribution < 1.29 is 4.79 Å². The van der Waals surface area contributed by atoms with E-state index in [4.69, 9.17) is 4.98 Å². The number of piperidine rings is 1. The summed E-state index contributed by atoms with van der Waals surface area (Å²) >= 11 is 0. The monoisotopic (exact) mass is 323 g/mol. The van der Waals surface area contributed by atoms with E-state index in [1.807, 2.05) is 0 Å². The van der Waals surface area contributed by atoms with Gasteiger partial charge in [-0.25, -0.2) is 4.98 Å². The standard InChI is InChI=1S/C20H25N3O/c1-13-10-20(23-8-6-17(7-9-23)21-14(2)24)22-19-12-16-5-3-4-15(16)11-18(13)19/h10-12,17H,3-9H2,1-2H3,(H,21,24). The maximum Gasteiger partial charge on any atom is 0.217 e. The lowest BCUT2D eigenvalue weighted by atomic mass is 10.0. The predicted molar refractivity (Wildman–Crippen MR) is 97.6 cm³/mol. The Labute approximate surface area is 143 Å². The summed E-state index contributed by atoms with van der Waals surface area (Å²) in [5.74, 6) is 1.15. The average molecular weight is 323 g/mol. The number of rotatable bonds is 2. The fourth-order valence-electron chi connectivity index (χ4n) is 4.15. The van der Waals surface area contributed by atoms with Gasteiger partial charge in [0.1, 0.15) is 5.82 Å². The number of anilines is 1. The first-order valence-electron chi connectivity index (χ1n) is 9.05. The van der Waals surface area contributed by atoms with Crippen molar-refractivity contribution in [2.75, 3.05) is 18.0 Å². The normalized spacial score (nSPS) is 18.0. The van der Waals surface area contributed by atoms with Crippen LogP contribution in [0.15, 0.2) is 18.2 Å². The number of aromatic nitrogens is 1. The van der Waals surface area contributed by atoms with E-state index < -0.39 is 0 Å². The van der Waals surface area contributed by atoms with E-state index in [2.05, 4.69) is 35.3 Å². The number of benzene rings is 1. The number of hydrogen-bond donors (Lipinski definition) is 1. The molecule has 1 aliphatic heterocycles. The van der Waals surface area contributed by atoms with E-state index in [0.717, 1.165) is 37.3 Å². The lowest BCUT2D eigenvalue weighted by Gasteiger charge is -2.33. The predicted octanol–water partition coefficient (Wildman–Crippen LogP) is 3.14. The minimum absolute atomic E-state index is 0.0713. The summed E-state index contributed by atoms with van der Waals surface area (Å²) in [6.45, 7) is 5.69. The SMILES string of the molecule is CC(=O)NC1CCN(c2cc(C)c3cc4c(cc3n2)CCC4)CC1. The van der Waals surface area contributed by atoms with Crippen LogP contribution in [0.5, 0.6) is 0 Å². The molecule has 1 N–H and O–H groups in total. The number of fused-ring (bicyclic) bond motifs is 2. The molecule has 1 saturated heterocycles. The molecule has 0 saturated carbocycles. The molecule has 4 rings (SSSR count). The van der Waals surface area contributed by atoms with E-state index >= 15 is 0 Å². The first kappa shape index (κ1) is 15.4. The lowest BCUT2D eigenvalue weighted by Crippen LogP contribution is -2.44. The van der Waals surface area contributed by atoms with E-state index in [9.17, 15) is 4.79 Å². The molecule has 1 aromatic carbocycles. The molecule has 24 heavy (non-hydrogen) atoms. The van der Waals surface area contributed by atoms with Crippen LogP contribution in [0.2, 0.25) is 0 Å². The van der Waals surface area contributed by atoms with Crippen LogP contribution in [0, 0.1) is 6.92 Å². The second-order valence-electron chi connectivity index (χ2n) is 7.25.